The molecule has 11 heteroatoms. The first-order valence-corrected chi connectivity index (χ1v) is 20.0. The van der Waals surface area contributed by atoms with Crippen LogP contribution in [-0.4, -0.2) is 53.4 Å². The monoisotopic (exact) mass is 794 g/mol. The van der Waals surface area contributed by atoms with Gasteiger partial charge in [0.2, 0.25) is 12.3 Å². The average Bonchev–Trinajstić information content (AvgIpc) is 4.01. The van der Waals surface area contributed by atoms with Gasteiger partial charge in [-0.05, 0) is 97.5 Å². The third-order valence-corrected chi connectivity index (χ3v) is 12.8. The summed E-state index contributed by atoms with van der Waals surface area (Å²) in [5, 5.41) is 3.49. The van der Waals surface area contributed by atoms with Gasteiger partial charge in [-0.2, -0.15) is 0 Å². The predicted octanol–water partition coefficient (Wildman–Crippen LogP) is 8.10. The molecule has 0 saturated heterocycles. The maximum atomic E-state index is 12.9. The quantitative estimate of drug-likeness (QED) is 0.0861. The lowest BCUT2D eigenvalue weighted by molar-refractivity contribution is -0.123. The van der Waals surface area contributed by atoms with E-state index < -0.39 is 11.4 Å². The Labute approximate surface area is 340 Å². The number of carbonyl (C=O) groups excluding carboxylic acids is 3. The minimum absolute atomic E-state index is 0.137. The predicted molar refractivity (Wildman–Crippen MR) is 224 cm³/mol. The summed E-state index contributed by atoms with van der Waals surface area (Å²) in [4.78, 5) is 51.6. The summed E-state index contributed by atoms with van der Waals surface area (Å²) >= 11 is 1.60. The van der Waals surface area contributed by atoms with E-state index in [1.165, 1.54) is 11.0 Å². The van der Waals surface area contributed by atoms with Crippen LogP contribution in [0.2, 0.25) is 0 Å². The summed E-state index contributed by atoms with van der Waals surface area (Å²) < 4.78 is 23.8. The number of hydrogen-bond donors (Lipinski definition) is 1. The third kappa shape index (κ3) is 7.82. The van der Waals surface area contributed by atoms with Crippen LogP contribution in [0.1, 0.15) is 36.5 Å². The van der Waals surface area contributed by atoms with Crippen LogP contribution in [0.25, 0.3) is 33.4 Å². The zero-order chi connectivity index (χ0) is 40.4. The molecule has 8 rings (SSSR count). The highest BCUT2D eigenvalue weighted by atomic mass is 32.2. The number of thioether (sulfide) groups is 1. The molecule has 1 N–H and O–H groups in total. The summed E-state index contributed by atoms with van der Waals surface area (Å²) in [6.45, 7) is 4.32. The summed E-state index contributed by atoms with van der Waals surface area (Å²) in [7, 11) is 1.64. The van der Waals surface area contributed by atoms with E-state index in [0.29, 0.717) is 34.9 Å². The number of fused-ring (bicyclic) bond motifs is 2. The first-order chi connectivity index (χ1) is 28.2. The number of aryl methyl sites for hydroxylation is 1. The molecule has 294 valence electrons. The smallest absolute Gasteiger partial charge is 0.224 e. The van der Waals surface area contributed by atoms with Crippen LogP contribution in [0.15, 0.2) is 130 Å². The number of allylic oxidation sites excluding steroid dienone is 1. The molecule has 1 fully saturated rings. The molecule has 2 atom stereocenters. The number of benzene rings is 5. The van der Waals surface area contributed by atoms with Gasteiger partial charge < -0.3 is 23.9 Å². The van der Waals surface area contributed by atoms with Gasteiger partial charge in [-0.1, -0.05) is 48.5 Å². The number of amides is 2. The van der Waals surface area contributed by atoms with Crippen molar-refractivity contribution in [3.8, 4) is 39.7 Å². The standard InChI is InChI=1S/C47H42N2O8S/c1-29-21-35(54-3)14-17-37(29)45-38-16-11-33(52)23-42(38)57-43-24-36(15-18-39(43)45)55-26-32-9-12-34(13-10-32)56-27-40-41(25-50)49(28-51)46(58-47(40)19-20-47)30(2)48-44(53)22-31-7-5-4-6-8-31/h4-18,21,23-25,28,30,46H,19-20,22,26-27H2,1-3H3,(H,48,53). The molecule has 4 aromatic rings. The van der Waals surface area contributed by atoms with E-state index >= 15 is 0 Å². The number of methoxy groups -OCH3 is 1. The van der Waals surface area contributed by atoms with Gasteiger partial charge in [0, 0.05) is 39.0 Å². The number of nitrogens with one attached hydrogen (secondary N) is 1. The SMILES string of the molecule is COc1ccc(-c2c3ccc(=O)cc-3oc3cc(OCc4ccc(OCC5=C(C=O)N(C=O)C(C(C)NC(=O)Cc6ccccc6)SC56CC6)cc4)ccc23)c(C)c1. The van der Waals surface area contributed by atoms with Gasteiger partial charge in [-0.15, -0.1) is 11.8 Å². The molecule has 0 bridgehead atoms. The van der Waals surface area contributed by atoms with Gasteiger partial charge in [0.05, 0.1) is 25.3 Å². The minimum atomic E-state index is -0.441. The summed E-state index contributed by atoms with van der Waals surface area (Å²) in [6.07, 6.45) is 3.31. The zero-order valence-corrected chi connectivity index (χ0v) is 33.2. The summed E-state index contributed by atoms with van der Waals surface area (Å²) in [5.74, 6) is 2.32. The highest BCUT2D eigenvalue weighted by molar-refractivity contribution is 8.01. The van der Waals surface area contributed by atoms with E-state index in [2.05, 4.69) is 5.32 Å². The number of ether oxygens (including phenoxy) is 3. The van der Waals surface area contributed by atoms with Crippen LogP contribution in [0.5, 0.6) is 17.2 Å². The van der Waals surface area contributed by atoms with E-state index in [-0.39, 0.29) is 35.7 Å². The highest BCUT2D eigenvalue weighted by Gasteiger charge is 2.55. The van der Waals surface area contributed by atoms with Gasteiger partial charge in [0.25, 0.3) is 0 Å². The lowest BCUT2D eigenvalue weighted by Gasteiger charge is -2.41. The molecule has 2 amide bonds. The Bertz CT molecular complexity index is 2560. The second-order valence-electron chi connectivity index (χ2n) is 14.7. The van der Waals surface area contributed by atoms with Crippen molar-refractivity contribution in [2.24, 2.45) is 0 Å². The Hall–Kier alpha value is -6.33. The van der Waals surface area contributed by atoms with Crippen LogP contribution >= 0.6 is 11.8 Å². The van der Waals surface area contributed by atoms with Crippen molar-refractivity contribution in [1.29, 1.82) is 0 Å². The second-order valence-corrected chi connectivity index (χ2v) is 16.2. The van der Waals surface area contributed by atoms with E-state index in [1.54, 1.807) is 31.0 Å². The molecule has 4 aliphatic rings. The number of rotatable bonds is 14. The molecule has 10 nitrogen and oxygen atoms in total. The molecule has 1 spiro atoms. The maximum Gasteiger partial charge on any atom is 0.224 e. The van der Waals surface area contributed by atoms with Crippen LogP contribution in [-0.2, 0) is 27.4 Å². The van der Waals surface area contributed by atoms with Crippen molar-refractivity contribution < 1.29 is 33.0 Å². The van der Waals surface area contributed by atoms with Gasteiger partial charge in [-0.3, -0.25) is 24.1 Å². The van der Waals surface area contributed by atoms with Gasteiger partial charge in [0.15, 0.2) is 11.7 Å². The second kappa shape index (κ2) is 16.3. The molecule has 2 unspecified atom stereocenters. The van der Waals surface area contributed by atoms with E-state index in [1.807, 2.05) is 105 Å². The van der Waals surface area contributed by atoms with Crippen LogP contribution in [0.4, 0.5) is 0 Å². The van der Waals surface area contributed by atoms with Gasteiger partial charge in [-0.25, -0.2) is 0 Å². The molecule has 0 radical (unpaired) electrons. The summed E-state index contributed by atoms with van der Waals surface area (Å²) in [6, 6.07) is 33.1. The molecule has 2 aliphatic heterocycles. The fraction of sp³-hybridized carbons (Fsp3) is 0.234. The number of aldehydes is 1. The Balaban J connectivity index is 0.947. The van der Waals surface area contributed by atoms with Crippen LogP contribution in [0.3, 0.4) is 0 Å². The lowest BCUT2D eigenvalue weighted by Crippen LogP contribution is -2.52. The zero-order valence-electron chi connectivity index (χ0n) is 32.4. The Morgan fingerprint density at radius 2 is 1.60 bits per heavy atom. The fourth-order valence-corrected chi connectivity index (χ4v) is 9.31. The Kier molecular flexibility index (Phi) is 10.8. The van der Waals surface area contributed by atoms with E-state index in [9.17, 15) is 19.2 Å². The van der Waals surface area contributed by atoms with Crippen molar-refractivity contribution in [2.45, 2.75) is 55.9 Å². The number of carbonyl (C=O) groups is 3. The number of nitrogens with zero attached hydrogens (tertiary/aromatic N) is 1. The molecule has 1 saturated carbocycles. The molecule has 0 aromatic heterocycles. The molecule has 58 heavy (non-hydrogen) atoms. The van der Waals surface area contributed by atoms with Crippen molar-refractivity contribution in [3.63, 3.8) is 0 Å². The summed E-state index contributed by atoms with van der Waals surface area (Å²) in [5.41, 5.74) is 7.16. The van der Waals surface area contributed by atoms with Crippen LogP contribution < -0.4 is 25.0 Å². The molecular weight excluding hydrogens is 753 g/mol. The van der Waals surface area contributed by atoms with Gasteiger partial charge >= 0.3 is 0 Å². The van der Waals surface area contributed by atoms with Crippen molar-refractivity contribution in [3.05, 3.63) is 147 Å². The normalized spacial score (nSPS) is 16.3. The third-order valence-electron chi connectivity index (χ3n) is 10.8. The molecule has 4 aromatic carbocycles. The van der Waals surface area contributed by atoms with Gasteiger partial charge in [0.1, 0.15) is 47.2 Å². The topological polar surface area (TPSA) is 124 Å². The fourth-order valence-electron chi connectivity index (χ4n) is 7.65. The highest BCUT2D eigenvalue weighted by Crippen LogP contribution is 2.59. The number of hydrogen-bond acceptors (Lipinski definition) is 9. The first-order valence-electron chi connectivity index (χ1n) is 19.1. The van der Waals surface area contributed by atoms with E-state index in [0.717, 1.165) is 69.2 Å². The van der Waals surface area contributed by atoms with Crippen LogP contribution in [0, 0.1) is 6.92 Å². The van der Waals surface area contributed by atoms with Crippen molar-refractivity contribution in [1.82, 2.24) is 10.2 Å². The Morgan fingerprint density at radius 1 is 0.879 bits per heavy atom. The first kappa shape index (κ1) is 38.5. The Morgan fingerprint density at radius 3 is 2.31 bits per heavy atom. The minimum Gasteiger partial charge on any atom is -0.497 e. The molecule has 2 aliphatic carbocycles. The maximum absolute atomic E-state index is 12.9. The van der Waals surface area contributed by atoms with Crippen molar-refractivity contribution in [2.75, 3.05) is 13.7 Å². The molecular formula is C47H42N2O8S. The molecule has 2 heterocycles. The van der Waals surface area contributed by atoms with Crippen molar-refractivity contribution >= 4 is 41.3 Å². The van der Waals surface area contributed by atoms with E-state index in [4.69, 9.17) is 18.6 Å². The lowest BCUT2D eigenvalue weighted by atomic mass is 9.91. The largest absolute Gasteiger partial charge is 0.497 e. The average molecular weight is 795 g/mol.